The zero-order valence-corrected chi connectivity index (χ0v) is 23.5. The fourth-order valence-corrected chi connectivity index (χ4v) is 4.93. The SMILES string of the molecule is CCCCCC(c1cc(OC)c(OC)cc1OC)C(C(=O)Nc1cccc(CCC(N)=O)c1)C(C)(C)C. The molecule has 0 radical (unpaired) electrons. The van der Waals surface area contributed by atoms with Crippen LogP contribution in [0.4, 0.5) is 5.69 Å². The fourth-order valence-electron chi connectivity index (χ4n) is 4.93. The Morgan fingerprint density at radius 1 is 0.946 bits per heavy atom. The molecule has 0 aliphatic rings. The maximum Gasteiger partial charge on any atom is 0.228 e. The Bertz CT molecular complexity index is 1040. The molecule has 204 valence electrons. The average Bonchev–Trinajstić information content (AvgIpc) is 2.85. The van der Waals surface area contributed by atoms with E-state index in [0.717, 1.165) is 36.8 Å². The maximum absolute atomic E-state index is 14.0. The first kappa shape index (κ1) is 30.0. The van der Waals surface area contributed by atoms with Gasteiger partial charge in [-0.2, -0.15) is 0 Å². The van der Waals surface area contributed by atoms with E-state index in [1.807, 2.05) is 36.4 Å². The molecule has 0 spiro atoms. The summed E-state index contributed by atoms with van der Waals surface area (Å²) in [6.45, 7) is 8.47. The zero-order valence-electron chi connectivity index (χ0n) is 23.5. The van der Waals surface area contributed by atoms with Gasteiger partial charge < -0.3 is 25.3 Å². The van der Waals surface area contributed by atoms with Crippen LogP contribution < -0.4 is 25.3 Å². The molecule has 0 aliphatic carbocycles. The van der Waals surface area contributed by atoms with Gasteiger partial charge in [0.25, 0.3) is 0 Å². The van der Waals surface area contributed by atoms with Gasteiger partial charge in [-0.25, -0.2) is 0 Å². The van der Waals surface area contributed by atoms with E-state index < -0.39 is 0 Å². The van der Waals surface area contributed by atoms with E-state index in [9.17, 15) is 9.59 Å². The van der Waals surface area contributed by atoms with Crippen molar-refractivity contribution < 1.29 is 23.8 Å². The minimum absolute atomic E-state index is 0.0575. The van der Waals surface area contributed by atoms with Crippen molar-refractivity contribution in [1.82, 2.24) is 0 Å². The van der Waals surface area contributed by atoms with Crippen molar-refractivity contribution in [2.24, 2.45) is 17.1 Å². The van der Waals surface area contributed by atoms with Crippen molar-refractivity contribution in [3.63, 3.8) is 0 Å². The van der Waals surface area contributed by atoms with Crippen molar-refractivity contribution >= 4 is 17.5 Å². The van der Waals surface area contributed by atoms with Crippen molar-refractivity contribution in [1.29, 1.82) is 0 Å². The average molecular weight is 513 g/mol. The number of methoxy groups -OCH3 is 3. The number of nitrogens with one attached hydrogen (secondary N) is 1. The fraction of sp³-hybridized carbons (Fsp3) is 0.533. The van der Waals surface area contributed by atoms with E-state index in [4.69, 9.17) is 19.9 Å². The number of hydrogen-bond donors (Lipinski definition) is 2. The molecule has 2 rings (SSSR count). The minimum Gasteiger partial charge on any atom is -0.496 e. The summed E-state index contributed by atoms with van der Waals surface area (Å²) < 4.78 is 16.9. The lowest BCUT2D eigenvalue weighted by molar-refractivity contribution is -0.124. The number of unbranched alkanes of at least 4 members (excludes halogenated alkanes) is 2. The van der Waals surface area contributed by atoms with Crippen molar-refractivity contribution in [2.75, 3.05) is 26.6 Å². The third kappa shape index (κ3) is 8.41. The molecule has 0 saturated carbocycles. The van der Waals surface area contributed by atoms with Crippen molar-refractivity contribution in [2.45, 2.75) is 72.1 Å². The molecule has 2 unspecified atom stereocenters. The third-order valence-electron chi connectivity index (χ3n) is 6.73. The largest absolute Gasteiger partial charge is 0.496 e. The minimum atomic E-state index is -0.356. The second-order valence-corrected chi connectivity index (χ2v) is 10.6. The van der Waals surface area contributed by atoms with Gasteiger partial charge in [0.2, 0.25) is 11.8 Å². The highest BCUT2D eigenvalue weighted by molar-refractivity contribution is 5.94. The van der Waals surface area contributed by atoms with Crippen LogP contribution in [-0.2, 0) is 16.0 Å². The van der Waals surface area contributed by atoms with Gasteiger partial charge in [0.05, 0.1) is 27.2 Å². The van der Waals surface area contributed by atoms with Crippen LogP contribution in [0.5, 0.6) is 17.2 Å². The molecule has 2 aromatic rings. The van der Waals surface area contributed by atoms with E-state index >= 15 is 0 Å². The topological polar surface area (TPSA) is 99.9 Å². The van der Waals surface area contributed by atoms with Crippen LogP contribution in [0.3, 0.4) is 0 Å². The number of hydrogen-bond acceptors (Lipinski definition) is 5. The second-order valence-electron chi connectivity index (χ2n) is 10.6. The van der Waals surface area contributed by atoms with Gasteiger partial charge in [-0.05, 0) is 47.9 Å². The summed E-state index contributed by atoms with van der Waals surface area (Å²) in [5.74, 6) is 0.993. The number of carbonyl (C=O) groups is 2. The summed E-state index contributed by atoms with van der Waals surface area (Å²) in [4.78, 5) is 25.2. The summed E-state index contributed by atoms with van der Waals surface area (Å²) in [6.07, 6.45) is 4.77. The number of nitrogens with two attached hydrogens (primary N) is 1. The number of rotatable bonds is 14. The Labute approximate surface area is 222 Å². The van der Waals surface area contributed by atoms with Gasteiger partial charge in [0, 0.05) is 23.7 Å². The summed E-state index contributed by atoms with van der Waals surface area (Å²) in [7, 11) is 4.84. The number of amides is 2. The molecule has 2 atom stereocenters. The predicted octanol–water partition coefficient (Wildman–Crippen LogP) is 6.10. The van der Waals surface area contributed by atoms with Crippen molar-refractivity contribution in [3.8, 4) is 17.2 Å². The van der Waals surface area contributed by atoms with Crippen LogP contribution in [0.15, 0.2) is 36.4 Å². The molecule has 0 heterocycles. The third-order valence-corrected chi connectivity index (χ3v) is 6.73. The molecule has 37 heavy (non-hydrogen) atoms. The van der Waals surface area contributed by atoms with Gasteiger partial charge in [-0.1, -0.05) is 59.1 Å². The van der Waals surface area contributed by atoms with Gasteiger partial charge in [0.15, 0.2) is 11.5 Å². The number of ether oxygens (including phenoxy) is 3. The Balaban J connectivity index is 2.52. The van der Waals surface area contributed by atoms with Crippen LogP contribution in [0, 0.1) is 11.3 Å². The van der Waals surface area contributed by atoms with Crippen LogP contribution in [0.2, 0.25) is 0 Å². The van der Waals surface area contributed by atoms with E-state index in [1.54, 1.807) is 21.3 Å². The van der Waals surface area contributed by atoms with Gasteiger partial charge in [-0.3, -0.25) is 9.59 Å². The molecular formula is C30H44N2O5. The first-order valence-electron chi connectivity index (χ1n) is 13.0. The predicted molar refractivity (Wildman–Crippen MR) is 149 cm³/mol. The Morgan fingerprint density at radius 2 is 1.59 bits per heavy atom. The number of carbonyl (C=O) groups excluding carboxylic acids is 2. The monoisotopic (exact) mass is 512 g/mol. The molecule has 3 N–H and O–H groups in total. The number of primary amides is 1. The molecular weight excluding hydrogens is 468 g/mol. The van der Waals surface area contributed by atoms with Gasteiger partial charge >= 0.3 is 0 Å². The summed E-state index contributed by atoms with van der Waals surface area (Å²) in [5.41, 5.74) is 7.55. The first-order valence-corrected chi connectivity index (χ1v) is 13.0. The Kier molecular flexibility index (Phi) is 11.3. The lowest BCUT2D eigenvalue weighted by Gasteiger charge is -2.37. The number of anilines is 1. The molecule has 2 amide bonds. The van der Waals surface area contributed by atoms with E-state index in [-0.39, 0.29) is 35.5 Å². The van der Waals surface area contributed by atoms with Crippen molar-refractivity contribution in [3.05, 3.63) is 47.5 Å². The molecule has 0 fully saturated rings. The molecule has 0 saturated heterocycles. The summed E-state index contributed by atoms with van der Waals surface area (Å²) in [5, 5.41) is 3.15. The Hall–Kier alpha value is -3.22. The summed E-state index contributed by atoms with van der Waals surface area (Å²) >= 11 is 0. The molecule has 7 nitrogen and oxygen atoms in total. The highest BCUT2D eigenvalue weighted by atomic mass is 16.5. The molecule has 0 aliphatic heterocycles. The molecule has 0 bridgehead atoms. The highest BCUT2D eigenvalue weighted by Crippen LogP contribution is 2.47. The molecule has 7 heteroatoms. The van der Waals surface area contributed by atoms with E-state index in [2.05, 4.69) is 33.0 Å². The first-order chi connectivity index (χ1) is 17.5. The summed E-state index contributed by atoms with van der Waals surface area (Å²) in [6, 6.07) is 11.4. The Morgan fingerprint density at radius 3 is 2.16 bits per heavy atom. The lowest BCUT2D eigenvalue weighted by atomic mass is 9.68. The quantitative estimate of drug-likeness (QED) is 0.298. The van der Waals surface area contributed by atoms with Crippen LogP contribution in [-0.4, -0.2) is 33.1 Å². The van der Waals surface area contributed by atoms with E-state index in [1.165, 1.54) is 0 Å². The highest BCUT2D eigenvalue weighted by Gasteiger charge is 2.40. The van der Waals surface area contributed by atoms with Crippen LogP contribution in [0.1, 0.15) is 76.8 Å². The standard InChI is InChI=1S/C30H44N2O5/c1-8-9-10-14-22(23-18-25(36-6)26(37-7)19-24(23)35-5)28(30(2,3)4)29(34)32-21-13-11-12-20(17-21)15-16-27(31)33/h11-13,17-19,22,28H,8-10,14-16H2,1-7H3,(H2,31,33)(H,32,34). The second kappa shape index (κ2) is 13.9. The van der Waals surface area contributed by atoms with E-state index in [0.29, 0.717) is 29.4 Å². The molecule has 0 aromatic heterocycles. The zero-order chi connectivity index (χ0) is 27.6. The lowest BCUT2D eigenvalue weighted by Crippen LogP contribution is -2.38. The van der Waals surface area contributed by atoms with Crippen LogP contribution in [0.25, 0.3) is 0 Å². The van der Waals surface area contributed by atoms with Gasteiger partial charge in [-0.15, -0.1) is 0 Å². The smallest absolute Gasteiger partial charge is 0.228 e. The van der Waals surface area contributed by atoms with Crippen LogP contribution >= 0.6 is 0 Å². The number of aryl methyl sites for hydroxylation is 1. The normalized spacial score (nSPS) is 12.9. The van der Waals surface area contributed by atoms with Gasteiger partial charge in [0.1, 0.15) is 5.75 Å². The molecule has 2 aromatic carbocycles. The number of benzene rings is 2. The maximum atomic E-state index is 14.0.